The zero-order valence-electron chi connectivity index (χ0n) is 12.0. The number of aromatic nitrogens is 1. The van der Waals surface area contributed by atoms with Crippen molar-refractivity contribution in [1.29, 1.82) is 0 Å². The van der Waals surface area contributed by atoms with Crippen LogP contribution in [0.5, 0.6) is 5.75 Å². The molecule has 1 amide bonds. The van der Waals surface area contributed by atoms with Crippen molar-refractivity contribution in [3.63, 3.8) is 0 Å². The van der Waals surface area contributed by atoms with E-state index in [-0.39, 0.29) is 11.7 Å². The molecule has 0 aliphatic heterocycles. The molecule has 0 saturated carbocycles. The highest BCUT2D eigenvalue weighted by Crippen LogP contribution is 2.24. The number of rotatable bonds is 5. The second kappa shape index (κ2) is 7.13. The number of thioether (sulfide) groups is 1. The van der Waals surface area contributed by atoms with E-state index >= 15 is 0 Å². The van der Waals surface area contributed by atoms with Gasteiger partial charge in [0, 0.05) is 18.0 Å². The standard InChI is InChI=1S/C16H18N2O2S/c1-11(2)21-16-14(4-3-9-17-16)15(20)18-10-12-5-7-13(19)8-6-12/h3-9,11,19H,10H2,1-2H3,(H,18,20). The fraction of sp³-hybridized carbons (Fsp3) is 0.250. The molecule has 2 rings (SSSR count). The molecule has 4 nitrogen and oxygen atoms in total. The van der Waals surface area contributed by atoms with E-state index in [2.05, 4.69) is 24.1 Å². The van der Waals surface area contributed by atoms with E-state index in [1.54, 1.807) is 54.4 Å². The van der Waals surface area contributed by atoms with E-state index in [1.165, 1.54) is 0 Å². The Bertz CT molecular complexity index is 612. The summed E-state index contributed by atoms with van der Waals surface area (Å²) in [6.45, 7) is 4.55. The number of nitrogens with zero attached hydrogens (tertiary/aromatic N) is 1. The lowest BCUT2D eigenvalue weighted by molar-refractivity contribution is 0.0947. The fourth-order valence-electron chi connectivity index (χ4n) is 1.77. The molecule has 0 bridgehead atoms. The predicted molar refractivity (Wildman–Crippen MR) is 84.5 cm³/mol. The molecule has 1 aromatic heterocycles. The lowest BCUT2D eigenvalue weighted by atomic mass is 10.2. The number of nitrogens with one attached hydrogen (secondary N) is 1. The third-order valence-electron chi connectivity index (χ3n) is 2.75. The van der Waals surface area contributed by atoms with E-state index in [9.17, 15) is 9.90 Å². The number of amides is 1. The molecule has 0 radical (unpaired) electrons. The lowest BCUT2D eigenvalue weighted by Crippen LogP contribution is -2.23. The Hall–Kier alpha value is -2.01. The zero-order valence-corrected chi connectivity index (χ0v) is 12.9. The summed E-state index contributed by atoms with van der Waals surface area (Å²) in [6.07, 6.45) is 1.70. The van der Waals surface area contributed by atoms with Gasteiger partial charge in [0.25, 0.3) is 5.91 Å². The van der Waals surface area contributed by atoms with Crippen molar-refractivity contribution in [2.45, 2.75) is 30.7 Å². The summed E-state index contributed by atoms with van der Waals surface area (Å²) in [5.41, 5.74) is 1.53. The van der Waals surface area contributed by atoms with Gasteiger partial charge < -0.3 is 10.4 Å². The third-order valence-corrected chi connectivity index (χ3v) is 3.77. The van der Waals surface area contributed by atoms with Gasteiger partial charge in [-0.15, -0.1) is 11.8 Å². The van der Waals surface area contributed by atoms with Gasteiger partial charge in [-0.05, 0) is 29.8 Å². The normalized spacial score (nSPS) is 10.6. The lowest BCUT2D eigenvalue weighted by Gasteiger charge is -2.10. The van der Waals surface area contributed by atoms with Gasteiger partial charge in [0.1, 0.15) is 10.8 Å². The average molecular weight is 302 g/mol. The number of hydrogen-bond donors (Lipinski definition) is 2. The van der Waals surface area contributed by atoms with E-state index in [0.717, 1.165) is 10.6 Å². The summed E-state index contributed by atoms with van der Waals surface area (Å²) in [6, 6.07) is 10.3. The summed E-state index contributed by atoms with van der Waals surface area (Å²) in [4.78, 5) is 16.5. The topological polar surface area (TPSA) is 62.2 Å². The van der Waals surface area contributed by atoms with E-state index in [4.69, 9.17) is 0 Å². The quantitative estimate of drug-likeness (QED) is 0.833. The Labute approximate surface area is 128 Å². The number of phenolic OH excluding ortho intramolecular Hbond substituents is 1. The van der Waals surface area contributed by atoms with Crippen LogP contribution in [0.2, 0.25) is 0 Å². The van der Waals surface area contributed by atoms with Crippen molar-refractivity contribution < 1.29 is 9.90 Å². The van der Waals surface area contributed by atoms with E-state index < -0.39 is 0 Å². The number of phenols is 1. The van der Waals surface area contributed by atoms with Crippen LogP contribution in [0.3, 0.4) is 0 Å². The molecule has 5 heteroatoms. The first-order chi connectivity index (χ1) is 10.1. The van der Waals surface area contributed by atoms with E-state index in [1.807, 2.05) is 0 Å². The molecular weight excluding hydrogens is 284 g/mol. The molecule has 0 aliphatic rings. The minimum atomic E-state index is -0.140. The fourth-order valence-corrected chi connectivity index (χ4v) is 2.63. The summed E-state index contributed by atoms with van der Waals surface area (Å²) in [7, 11) is 0. The monoisotopic (exact) mass is 302 g/mol. The maximum absolute atomic E-state index is 12.3. The molecule has 0 spiro atoms. The largest absolute Gasteiger partial charge is 0.508 e. The van der Waals surface area contributed by atoms with Crippen LogP contribution in [-0.2, 0) is 6.54 Å². The predicted octanol–water partition coefficient (Wildman–Crippen LogP) is 3.22. The van der Waals surface area contributed by atoms with Gasteiger partial charge in [-0.25, -0.2) is 4.98 Å². The molecule has 1 aromatic carbocycles. The van der Waals surface area contributed by atoms with Gasteiger partial charge in [0.2, 0.25) is 0 Å². The zero-order chi connectivity index (χ0) is 15.2. The molecule has 21 heavy (non-hydrogen) atoms. The van der Waals surface area contributed by atoms with Crippen LogP contribution in [-0.4, -0.2) is 21.2 Å². The van der Waals surface area contributed by atoms with Gasteiger partial charge in [-0.1, -0.05) is 26.0 Å². The average Bonchev–Trinajstić information content (AvgIpc) is 2.46. The van der Waals surface area contributed by atoms with Gasteiger partial charge >= 0.3 is 0 Å². The number of aromatic hydroxyl groups is 1. The highest BCUT2D eigenvalue weighted by molar-refractivity contribution is 7.99. The summed E-state index contributed by atoms with van der Waals surface area (Å²) >= 11 is 1.57. The Morgan fingerprint density at radius 2 is 2.00 bits per heavy atom. The highest BCUT2D eigenvalue weighted by Gasteiger charge is 2.13. The highest BCUT2D eigenvalue weighted by atomic mass is 32.2. The van der Waals surface area contributed by atoms with Crippen LogP contribution in [0.1, 0.15) is 29.8 Å². The van der Waals surface area contributed by atoms with Crippen LogP contribution in [0, 0.1) is 0 Å². The van der Waals surface area contributed by atoms with Crippen LogP contribution in [0.15, 0.2) is 47.6 Å². The van der Waals surface area contributed by atoms with Crippen LogP contribution in [0.25, 0.3) is 0 Å². The minimum absolute atomic E-state index is 0.140. The van der Waals surface area contributed by atoms with Gasteiger partial charge in [-0.3, -0.25) is 4.79 Å². The number of carbonyl (C=O) groups is 1. The minimum Gasteiger partial charge on any atom is -0.508 e. The van der Waals surface area contributed by atoms with Gasteiger partial charge in [-0.2, -0.15) is 0 Å². The molecule has 1 heterocycles. The Balaban J connectivity index is 2.05. The smallest absolute Gasteiger partial charge is 0.254 e. The molecule has 0 unspecified atom stereocenters. The maximum Gasteiger partial charge on any atom is 0.254 e. The van der Waals surface area contributed by atoms with Gasteiger partial charge in [0.15, 0.2) is 0 Å². The molecule has 0 saturated heterocycles. The molecule has 0 fully saturated rings. The van der Waals surface area contributed by atoms with Crippen molar-refractivity contribution in [1.82, 2.24) is 10.3 Å². The summed E-state index contributed by atoms with van der Waals surface area (Å²) in [5.74, 6) is 0.0762. The van der Waals surface area contributed by atoms with Crippen LogP contribution in [0.4, 0.5) is 0 Å². The first-order valence-corrected chi connectivity index (χ1v) is 7.62. The number of pyridine rings is 1. The molecule has 0 aliphatic carbocycles. The number of carbonyl (C=O) groups excluding carboxylic acids is 1. The second-order valence-corrected chi connectivity index (χ2v) is 6.44. The molecule has 0 atom stereocenters. The SMILES string of the molecule is CC(C)Sc1ncccc1C(=O)NCc1ccc(O)cc1. The molecule has 2 N–H and O–H groups in total. The summed E-state index contributed by atoms with van der Waals surface area (Å²) < 4.78 is 0. The second-order valence-electron chi connectivity index (χ2n) is 4.87. The van der Waals surface area contributed by atoms with Crippen molar-refractivity contribution in [3.05, 3.63) is 53.7 Å². The van der Waals surface area contributed by atoms with Crippen LogP contribution >= 0.6 is 11.8 Å². The maximum atomic E-state index is 12.3. The molecule has 110 valence electrons. The Morgan fingerprint density at radius 3 is 2.67 bits per heavy atom. The molecular formula is C16H18N2O2S. The first-order valence-electron chi connectivity index (χ1n) is 6.74. The summed E-state index contributed by atoms with van der Waals surface area (Å²) in [5, 5.41) is 13.2. The van der Waals surface area contributed by atoms with Gasteiger partial charge in [0.05, 0.1) is 5.56 Å². The van der Waals surface area contributed by atoms with Crippen molar-refractivity contribution in [2.24, 2.45) is 0 Å². The van der Waals surface area contributed by atoms with Crippen molar-refractivity contribution in [2.75, 3.05) is 0 Å². The first kappa shape index (κ1) is 15.4. The van der Waals surface area contributed by atoms with Crippen LogP contribution < -0.4 is 5.32 Å². The van der Waals surface area contributed by atoms with Crippen molar-refractivity contribution in [3.8, 4) is 5.75 Å². The number of hydrogen-bond acceptors (Lipinski definition) is 4. The van der Waals surface area contributed by atoms with Crippen molar-refractivity contribution >= 4 is 17.7 Å². The molecule has 2 aromatic rings. The Kier molecular flexibility index (Phi) is 5.22. The third kappa shape index (κ3) is 4.49. The number of benzene rings is 1. The van der Waals surface area contributed by atoms with E-state index in [0.29, 0.717) is 17.4 Å². The Morgan fingerprint density at radius 1 is 1.29 bits per heavy atom.